The van der Waals surface area contributed by atoms with Crippen molar-refractivity contribution in [3.05, 3.63) is 333 Å². The lowest BCUT2D eigenvalue weighted by Gasteiger charge is -2.45. The molecule has 2 aliphatic heterocycles. The Morgan fingerprint density at radius 1 is 0.233 bits per heavy atom. The highest BCUT2D eigenvalue weighted by Gasteiger charge is 2.45. The van der Waals surface area contributed by atoms with Gasteiger partial charge in [0.15, 0.2) is 0 Å². The molecule has 0 bridgehead atoms. The minimum absolute atomic E-state index is 0.0517. The van der Waals surface area contributed by atoms with Crippen LogP contribution in [0.2, 0.25) is 0 Å². The molecule has 18 aromatic carbocycles. The van der Waals surface area contributed by atoms with Gasteiger partial charge < -0.3 is 19.3 Å². The maximum atomic E-state index is 2.66. The Labute approximate surface area is 599 Å². The Morgan fingerprint density at radius 3 is 0.951 bits per heavy atom. The van der Waals surface area contributed by atoms with Crippen molar-refractivity contribution < 1.29 is 0 Å². The van der Waals surface area contributed by atoms with Crippen LogP contribution in [0.25, 0.3) is 124 Å². The average Bonchev–Trinajstić information content (AvgIpc) is 0.814. The van der Waals surface area contributed by atoms with E-state index >= 15 is 0 Å². The van der Waals surface area contributed by atoms with Crippen LogP contribution in [0.3, 0.4) is 0 Å². The molecule has 3 heterocycles. The van der Waals surface area contributed by atoms with Crippen LogP contribution in [-0.4, -0.2) is 11.3 Å². The Hall–Kier alpha value is -12.4. The van der Waals surface area contributed by atoms with Crippen molar-refractivity contribution in [3.8, 4) is 5.69 Å². The van der Waals surface area contributed by atoms with E-state index in [0.717, 1.165) is 56.9 Å². The summed E-state index contributed by atoms with van der Waals surface area (Å²) < 4.78 is 2.56. The van der Waals surface area contributed by atoms with Crippen molar-refractivity contribution in [1.29, 1.82) is 0 Å². The van der Waals surface area contributed by atoms with E-state index in [-0.39, 0.29) is 17.5 Å². The van der Waals surface area contributed by atoms with Gasteiger partial charge in [-0.05, 0) is 238 Å². The maximum absolute atomic E-state index is 2.66. The van der Waals surface area contributed by atoms with Crippen LogP contribution < -0.4 is 31.1 Å². The van der Waals surface area contributed by atoms with Crippen LogP contribution in [0, 0.1) is 0 Å². The summed E-state index contributed by atoms with van der Waals surface area (Å²) in [5.41, 5.74) is 19.6. The number of aromatic nitrogens is 1. The van der Waals surface area contributed by atoms with Gasteiger partial charge in [0, 0.05) is 62.0 Å². The molecule has 21 rings (SSSR count). The molecule has 0 radical (unpaired) electrons. The summed E-state index contributed by atoms with van der Waals surface area (Å²) in [6, 6.07) is 123. The van der Waals surface area contributed by atoms with Gasteiger partial charge in [-0.2, -0.15) is 0 Å². The second-order valence-corrected chi connectivity index (χ2v) is 30.7. The normalized spacial score (nSPS) is 13.1. The summed E-state index contributed by atoms with van der Waals surface area (Å²) in [4.78, 5) is 7.79. The number of fused-ring (bicyclic) bond motifs is 25. The molecule has 0 aliphatic carbocycles. The molecule has 0 amide bonds. The number of hydrogen-bond acceptors (Lipinski definition) is 3. The SMILES string of the molecule is CC(C)(C)c1ccc2c(c1)c1cc(C(C)(C)C)ccc1n2-c1ccc2c(c1)N(c1ccc3c4ccccc4c4ccccc4c3c1)c1cc(N(c3ccccc3)c3ccccc3)cc3c1B2c1cc2c4ccccc4c4ccccc4c2cc1N3c1ccc2c3ccccc3c3ccccc3c2c1. The first-order valence-electron chi connectivity index (χ1n) is 36.3. The van der Waals surface area contributed by atoms with Gasteiger partial charge in [-0.3, -0.25) is 0 Å². The zero-order chi connectivity index (χ0) is 68.7. The summed E-state index contributed by atoms with van der Waals surface area (Å²) >= 11 is 0. The fourth-order valence-corrected chi connectivity index (χ4v) is 18.1. The smallest absolute Gasteiger partial charge is 0.252 e. The van der Waals surface area contributed by atoms with Crippen molar-refractivity contribution in [2.75, 3.05) is 14.7 Å². The number of rotatable bonds is 6. The van der Waals surface area contributed by atoms with Gasteiger partial charge in [-0.1, -0.05) is 260 Å². The van der Waals surface area contributed by atoms with Gasteiger partial charge >= 0.3 is 0 Å². The summed E-state index contributed by atoms with van der Waals surface area (Å²) in [5.74, 6) is 0. The molecular formula is C98H71BN4. The average molecular weight is 1320 g/mol. The van der Waals surface area contributed by atoms with E-state index in [9.17, 15) is 0 Å². The van der Waals surface area contributed by atoms with Crippen LogP contribution in [-0.2, 0) is 10.8 Å². The van der Waals surface area contributed by atoms with Gasteiger partial charge in [0.05, 0.1) is 16.7 Å². The summed E-state index contributed by atoms with van der Waals surface area (Å²) in [6.07, 6.45) is 0. The van der Waals surface area contributed by atoms with Crippen LogP contribution >= 0.6 is 0 Å². The molecule has 0 fully saturated rings. The first-order valence-corrected chi connectivity index (χ1v) is 36.3. The lowest BCUT2D eigenvalue weighted by atomic mass is 9.33. The highest BCUT2D eigenvalue weighted by molar-refractivity contribution is 7.00. The minimum Gasteiger partial charge on any atom is -0.311 e. The number of hydrogen-bond donors (Lipinski definition) is 0. The van der Waals surface area contributed by atoms with Crippen molar-refractivity contribution in [3.63, 3.8) is 0 Å². The molecule has 0 spiro atoms. The second-order valence-electron chi connectivity index (χ2n) is 30.7. The third-order valence-corrected chi connectivity index (χ3v) is 22.9. The molecule has 0 atom stereocenters. The van der Waals surface area contributed by atoms with E-state index in [1.54, 1.807) is 0 Å². The van der Waals surface area contributed by atoms with Gasteiger partial charge in [0.1, 0.15) is 0 Å². The molecule has 19 aromatic rings. The molecule has 2 aliphatic rings. The lowest BCUT2D eigenvalue weighted by molar-refractivity contribution is 0.590. The Bertz CT molecular complexity index is 6670. The lowest BCUT2D eigenvalue weighted by Crippen LogP contribution is -2.61. The Morgan fingerprint density at radius 2 is 0.563 bits per heavy atom. The molecule has 4 nitrogen and oxygen atoms in total. The third-order valence-electron chi connectivity index (χ3n) is 22.9. The maximum Gasteiger partial charge on any atom is 0.252 e. The standard InChI is InChI=1S/C98H71BN4/c1-97(2,3)60-41-49-90-86(51-60)87-52-61(98(4,5)6)42-50-91(87)101(90)66-45-48-88-92(55-66)102(64-43-46-80-74-35-15-13-29-68(74)70-31-17-21-37-76(70)82(80)53-64)94-56-67(100(62-25-9-7-10-26-62)63-27-11-8-12-28-63)57-95-96(94)99(88)89-58-84-78-39-23-19-33-72(78)73-34-20-24-40-79(73)85(84)59-93(89)103(95)65-44-47-81-75-36-16-14-30-69(75)71-32-18-22-38-77(71)83(81)54-65/h7-59H,1-6H3. The molecule has 103 heavy (non-hydrogen) atoms. The molecular weight excluding hydrogens is 1240 g/mol. The number of para-hydroxylation sites is 2. The highest BCUT2D eigenvalue weighted by atomic mass is 15.2. The molecule has 0 saturated heterocycles. The Balaban J connectivity index is 0.934. The number of nitrogens with zero attached hydrogens (tertiary/aromatic N) is 4. The van der Waals surface area contributed by atoms with Crippen molar-refractivity contribution >= 4 is 193 Å². The third kappa shape index (κ3) is 8.85. The monoisotopic (exact) mass is 1310 g/mol. The van der Waals surface area contributed by atoms with E-state index in [4.69, 9.17) is 0 Å². The van der Waals surface area contributed by atoms with E-state index < -0.39 is 0 Å². The molecule has 0 unspecified atom stereocenters. The molecule has 486 valence electrons. The predicted molar refractivity (Wildman–Crippen MR) is 444 cm³/mol. The molecule has 0 saturated carbocycles. The van der Waals surface area contributed by atoms with Gasteiger partial charge in [0.25, 0.3) is 6.71 Å². The molecule has 0 N–H and O–H groups in total. The van der Waals surface area contributed by atoms with E-state index in [1.807, 2.05) is 0 Å². The minimum atomic E-state index is -0.237. The van der Waals surface area contributed by atoms with Crippen molar-refractivity contribution in [2.24, 2.45) is 0 Å². The Kier molecular flexibility index (Phi) is 12.7. The predicted octanol–water partition coefficient (Wildman–Crippen LogP) is 25.3. The fourth-order valence-electron chi connectivity index (χ4n) is 18.1. The quantitative estimate of drug-likeness (QED) is 0.122. The zero-order valence-electron chi connectivity index (χ0n) is 58.5. The second kappa shape index (κ2) is 22.0. The topological polar surface area (TPSA) is 14.7 Å². The van der Waals surface area contributed by atoms with Gasteiger partial charge in [0.2, 0.25) is 0 Å². The summed E-state index contributed by atoms with van der Waals surface area (Å²) in [5, 5.41) is 24.9. The van der Waals surface area contributed by atoms with E-state index in [1.165, 1.54) is 146 Å². The fraction of sp³-hybridized carbons (Fsp3) is 0.0816. The highest BCUT2D eigenvalue weighted by Crippen LogP contribution is 2.52. The largest absolute Gasteiger partial charge is 0.311 e. The first-order chi connectivity index (χ1) is 50.4. The van der Waals surface area contributed by atoms with Crippen LogP contribution in [0.5, 0.6) is 0 Å². The zero-order valence-corrected chi connectivity index (χ0v) is 58.5. The summed E-state index contributed by atoms with van der Waals surface area (Å²) in [7, 11) is 0. The first kappa shape index (κ1) is 59.4. The van der Waals surface area contributed by atoms with Gasteiger partial charge in [-0.15, -0.1) is 0 Å². The number of benzene rings is 18. The van der Waals surface area contributed by atoms with Crippen LogP contribution in [0.15, 0.2) is 322 Å². The van der Waals surface area contributed by atoms with Crippen LogP contribution in [0.1, 0.15) is 52.7 Å². The molecule has 5 heteroatoms. The van der Waals surface area contributed by atoms with E-state index in [2.05, 4.69) is 382 Å². The van der Waals surface area contributed by atoms with Crippen molar-refractivity contribution in [1.82, 2.24) is 4.57 Å². The van der Waals surface area contributed by atoms with E-state index in [0.29, 0.717) is 0 Å². The van der Waals surface area contributed by atoms with Gasteiger partial charge in [-0.25, -0.2) is 0 Å². The summed E-state index contributed by atoms with van der Waals surface area (Å²) in [6.45, 7) is 13.8. The molecule has 1 aromatic heterocycles. The van der Waals surface area contributed by atoms with Crippen molar-refractivity contribution in [2.45, 2.75) is 52.4 Å². The van der Waals surface area contributed by atoms with Crippen LogP contribution in [0.4, 0.5) is 51.2 Å². The number of anilines is 9.